The number of carbonyl (C=O) groups excluding carboxylic acids is 1. The van der Waals surface area contributed by atoms with Crippen molar-refractivity contribution in [3.8, 4) is 5.75 Å². The summed E-state index contributed by atoms with van der Waals surface area (Å²) in [7, 11) is 1.57. The number of nitrogens with one attached hydrogen (secondary N) is 1. The number of alkyl halides is 2. The van der Waals surface area contributed by atoms with E-state index in [1.807, 2.05) is 20.8 Å². The maximum atomic E-state index is 12.7. The minimum absolute atomic E-state index is 0.0731. The second kappa shape index (κ2) is 7.73. The number of methoxy groups -OCH3 is 1. The molecule has 0 heterocycles. The van der Waals surface area contributed by atoms with Crippen molar-refractivity contribution in [2.75, 3.05) is 13.7 Å². The van der Waals surface area contributed by atoms with E-state index in [9.17, 15) is 13.6 Å². The molecule has 1 N–H and O–H groups in total. The summed E-state index contributed by atoms with van der Waals surface area (Å²) in [5.74, 6) is -2.60. The summed E-state index contributed by atoms with van der Waals surface area (Å²) < 4.78 is 36.4. The minimum Gasteiger partial charge on any atom is -0.464 e. The molecule has 0 aliphatic heterocycles. The highest BCUT2D eigenvalue weighted by Crippen LogP contribution is 2.25. The molecule has 1 unspecified atom stereocenters. The zero-order chi connectivity index (χ0) is 17.7. The molecule has 1 rings (SSSR count). The number of carbonyl (C=O) groups is 1. The van der Waals surface area contributed by atoms with Gasteiger partial charge < -0.3 is 14.8 Å². The molecule has 130 valence electrons. The van der Waals surface area contributed by atoms with Crippen molar-refractivity contribution < 1.29 is 23.0 Å². The third kappa shape index (κ3) is 6.95. The van der Waals surface area contributed by atoms with Crippen molar-refractivity contribution in [1.29, 1.82) is 0 Å². The summed E-state index contributed by atoms with van der Waals surface area (Å²) in [6, 6.07) is 6.48. The van der Waals surface area contributed by atoms with Crippen LogP contribution in [0.15, 0.2) is 24.3 Å². The van der Waals surface area contributed by atoms with Crippen LogP contribution in [0, 0.1) is 5.41 Å². The van der Waals surface area contributed by atoms with Crippen molar-refractivity contribution in [3.63, 3.8) is 0 Å². The Kier molecular flexibility index (Phi) is 6.50. The molecular formula is C17H25F2NO3. The van der Waals surface area contributed by atoms with Gasteiger partial charge in [-0.05, 0) is 31.2 Å². The largest absolute Gasteiger partial charge is 0.464 e. The van der Waals surface area contributed by atoms with Crippen molar-refractivity contribution >= 4 is 5.91 Å². The summed E-state index contributed by atoms with van der Waals surface area (Å²) in [5, 5.41) is 2.47. The first-order valence-corrected chi connectivity index (χ1v) is 7.48. The Hall–Kier alpha value is -1.69. The quantitative estimate of drug-likeness (QED) is 0.773. The Morgan fingerprint density at radius 2 is 1.74 bits per heavy atom. The second-order valence-electron chi connectivity index (χ2n) is 6.65. The third-order valence-electron chi connectivity index (χ3n) is 3.13. The maximum absolute atomic E-state index is 12.7. The van der Waals surface area contributed by atoms with Crippen LogP contribution in [-0.2, 0) is 4.74 Å². The lowest BCUT2D eigenvalue weighted by Gasteiger charge is -2.29. The first-order valence-electron chi connectivity index (χ1n) is 7.48. The number of hydrogen-bond donors (Lipinski definition) is 1. The molecule has 0 aliphatic carbocycles. The number of amides is 1. The number of hydrogen-bond acceptors (Lipinski definition) is 3. The lowest BCUT2D eigenvalue weighted by molar-refractivity contribution is -0.120. The molecule has 0 bridgehead atoms. The number of benzene rings is 1. The summed E-state index contributed by atoms with van der Waals surface area (Å²) in [4.78, 5) is 11.9. The van der Waals surface area contributed by atoms with Crippen LogP contribution in [0.5, 0.6) is 5.75 Å². The minimum atomic E-state index is -2.78. The zero-order valence-corrected chi connectivity index (χ0v) is 14.3. The average molecular weight is 329 g/mol. The van der Waals surface area contributed by atoms with Gasteiger partial charge in [0.25, 0.3) is 5.91 Å². The van der Waals surface area contributed by atoms with Crippen molar-refractivity contribution in [1.82, 2.24) is 5.32 Å². The molecule has 0 saturated carbocycles. The Morgan fingerprint density at radius 3 is 2.17 bits per heavy atom. The van der Waals surface area contributed by atoms with E-state index in [-0.39, 0.29) is 24.3 Å². The van der Waals surface area contributed by atoms with Gasteiger partial charge in [0, 0.05) is 31.1 Å². The highest BCUT2D eigenvalue weighted by atomic mass is 19.3. The molecule has 4 nitrogen and oxygen atoms in total. The Balaban J connectivity index is 2.60. The smallest absolute Gasteiger partial charge is 0.251 e. The molecule has 0 aromatic heterocycles. The fourth-order valence-electron chi connectivity index (χ4n) is 1.88. The molecule has 1 amide bonds. The first kappa shape index (κ1) is 19.4. The molecule has 0 radical (unpaired) electrons. The van der Waals surface area contributed by atoms with Gasteiger partial charge in [-0.3, -0.25) is 4.79 Å². The first-order chi connectivity index (χ1) is 10.5. The van der Waals surface area contributed by atoms with E-state index >= 15 is 0 Å². The average Bonchev–Trinajstić information content (AvgIpc) is 2.42. The van der Waals surface area contributed by atoms with Gasteiger partial charge in [0.15, 0.2) is 0 Å². The third-order valence-corrected chi connectivity index (χ3v) is 3.13. The molecule has 6 heteroatoms. The molecule has 0 aliphatic rings. The molecule has 0 saturated heterocycles. The Bertz CT molecular complexity index is 504. The van der Waals surface area contributed by atoms with Gasteiger partial charge in [0.05, 0.1) is 0 Å². The van der Waals surface area contributed by atoms with Crippen LogP contribution in [0.1, 0.15) is 44.5 Å². The number of halogens is 2. The second-order valence-corrected chi connectivity index (χ2v) is 6.65. The molecule has 1 aromatic carbocycles. The predicted octanol–water partition coefficient (Wildman–Crippen LogP) is 3.86. The van der Waals surface area contributed by atoms with E-state index in [2.05, 4.69) is 5.32 Å². The van der Waals surface area contributed by atoms with E-state index in [0.717, 1.165) is 6.92 Å². The van der Waals surface area contributed by atoms with E-state index in [1.54, 1.807) is 31.4 Å². The molecule has 0 fully saturated rings. The van der Waals surface area contributed by atoms with Gasteiger partial charge in [-0.1, -0.05) is 20.8 Å². The molecular weight excluding hydrogens is 304 g/mol. The van der Waals surface area contributed by atoms with Crippen LogP contribution >= 0.6 is 0 Å². The van der Waals surface area contributed by atoms with Gasteiger partial charge in [0.2, 0.25) is 12.2 Å². The maximum Gasteiger partial charge on any atom is 0.251 e. The van der Waals surface area contributed by atoms with Crippen LogP contribution in [-0.4, -0.2) is 31.8 Å². The van der Waals surface area contributed by atoms with Gasteiger partial charge in [-0.2, -0.15) is 0 Å². The van der Waals surface area contributed by atoms with Crippen molar-refractivity contribution in [2.24, 2.45) is 5.41 Å². The SMILES string of the molecule is COC(Oc1ccc(C(=O)NCCC(C)(F)F)cc1)C(C)(C)C. The lowest BCUT2D eigenvalue weighted by Crippen LogP contribution is -2.33. The molecule has 23 heavy (non-hydrogen) atoms. The summed E-state index contributed by atoms with van der Waals surface area (Å²) in [5.41, 5.74) is 0.192. The summed E-state index contributed by atoms with van der Waals surface area (Å²) in [6.07, 6.45) is -0.810. The number of rotatable bonds is 7. The van der Waals surface area contributed by atoms with Gasteiger partial charge in [0.1, 0.15) is 5.75 Å². The van der Waals surface area contributed by atoms with E-state index in [1.165, 1.54) is 0 Å². The number of ether oxygens (including phenoxy) is 2. The van der Waals surface area contributed by atoms with E-state index in [4.69, 9.17) is 9.47 Å². The van der Waals surface area contributed by atoms with Crippen LogP contribution in [0.3, 0.4) is 0 Å². The highest BCUT2D eigenvalue weighted by Gasteiger charge is 2.26. The molecule has 1 aromatic rings. The topological polar surface area (TPSA) is 47.6 Å². The monoisotopic (exact) mass is 329 g/mol. The van der Waals surface area contributed by atoms with Gasteiger partial charge in [-0.15, -0.1) is 0 Å². The standard InChI is InChI=1S/C17H25F2NO3/c1-16(2,3)15(22-5)23-13-8-6-12(7-9-13)14(21)20-11-10-17(4,18)19/h6-9,15H,10-11H2,1-5H3,(H,20,21). The van der Waals surface area contributed by atoms with Crippen LogP contribution in [0.2, 0.25) is 0 Å². The van der Waals surface area contributed by atoms with Crippen LogP contribution < -0.4 is 10.1 Å². The summed E-state index contributed by atoms with van der Waals surface area (Å²) >= 11 is 0. The molecule has 1 atom stereocenters. The fourth-order valence-corrected chi connectivity index (χ4v) is 1.88. The van der Waals surface area contributed by atoms with Crippen molar-refractivity contribution in [2.45, 2.75) is 46.3 Å². The van der Waals surface area contributed by atoms with E-state index in [0.29, 0.717) is 11.3 Å². The normalized spacial score (nSPS) is 13.5. The lowest BCUT2D eigenvalue weighted by atomic mass is 9.96. The fraction of sp³-hybridized carbons (Fsp3) is 0.588. The highest BCUT2D eigenvalue weighted by molar-refractivity contribution is 5.94. The van der Waals surface area contributed by atoms with E-state index < -0.39 is 12.2 Å². The van der Waals surface area contributed by atoms with Crippen LogP contribution in [0.4, 0.5) is 8.78 Å². The Labute approximate surface area is 136 Å². The van der Waals surface area contributed by atoms with Gasteiger partial charge in [-0.25, -0.2) is 8.78 Å². The summed E-state index contributed by atoms with van der Waals surface area (Å²) in [6.45, 7) is 6.73. The van der Waals surface area contributed by atoms with Crippen LogP contribution in [0.25, 0.3) is 0 Å². The molecule has 0 spiro atoms. The predicted molar refractivity (Wildman–Crippen MR) is 84.9 cm³/mol. The Morgan fingerprint density at radius 1 is 1.17 bits per heavy atom. The zero-order valence-electron chi connectivity index (χ0n) is 14.3. The van der Waals surface area contributed by atoms with Gasteiger partial charge >= 0.3 is 0 Å². The van der Waals surface area contributed by atoms with Crippen molar-refractivity contribution in [3.05, 3.63) is 29.8 Å².